The van der Waals surface area contributed by atoms with E-state index in [0.717, 1.165) is 18.6 Å². The van der Waals surface area contributed by atoms with Gasteiger partial charge in [-0.25, -0.2) is 4.98 Å². The summed E-state index contributed by atoms with van der Waals surface area (Å²) in [6.45, 7) is 3.28. The van der Waals surface area contributed by atoms with Gasteiger partial charge in [-0.05, 0) is 18.6 Å². The molecule has 120 valence electrons. The maximum absolute atomic E-state index is 12.3. The first-order valence-electron chi connectivity index (χ1n) is 7.78. The van der Waals surface area contributed by atoms with E-state index in [1.807, 2.05) is 37.3 Å². The predicted molar refractivity (Wildman–Crippen MR) is 86.4 cm³/mol. The lowest BCUT2D eigenvalue weighted by atomic mass is 10.1. The molecular weight excluding hydrogens is 292 g/mol. The van der Waals surface area contributed by atoms with E-state index in [4.69, 9.17) is 9.47 Å². The number of carbonyl (C=O) groups excluding carboxylic acids is 1. The molecule has 0 radical (unpaired) electrons. The van der Waals surface area contributed by atoms with Gasteiger partial charge in [0, 0.05) is 18.7 Å². The number of hydrogen-bond donors (Lipinski definition) is 1. The van der Waals surface area contributed by atoms with E-state index >= 15 is 0 Å². The number of ether oxygens (including phenoxy) is 2. The van der Waals surface area contributed by atoms with Crippen LogP contribution in [0.1, 0.15) is 35.3 Å². The van der Waals surface area contributed by atoms with Crippen molar-refractivity contribution in [3.8, 4) is 5.88 Å². The van der Waals surface area contributed by atoms with E-state index in [0.29, 0.717) is 18.1 Å². The zero-order chi connectivity index (χ0) is 16.1. The van der Waals surface area contributed by atoms with Crippen LogP contribution in [0, 0.1) is 0 Å². The van der Waals surface area contributed by atoms with Crippen LogP contribution in [0.25, 0.3) is 0 Å². The van der Waals surface area contributed by atoms with Crippen molar-refractivity contribution in [3.63, 3.8) is 0 Å². The van der Waals surface area contributed by atoms with Crippen molar-refractivity contribution >= 4 is 5.91 Å². The van der Waals surface area contributed by atoms with Crippen LogP contribution in [0.4, 0.5) is 0 Å². The van der Waals surface area contributed by atoms with Crippen molar-refractivity contribution in [3.05, 3.63) is 59.8 Å². The van der Waals surface area contributed by atoms with Crippen LogP contribution in [0.3, 0.4) is 0 Å². The van der Waals surface area contributed by atoms with Gasteiger partial charge in [-0.1, -0.05) is 30.3 Å². The molecule has 1 amide bonds. The lowest BCUT2D eigenvalue weighted by Gasteiger charge is -2.14. The second kappa shape index (κ2) is 7.24. The van der Waals surface area contributed by atoms with E-state index in [1.54, 1.807) is 12.1 Å². The summed E-state index contributed by atoms with van der Waals surface area (Å²) in [5.74, 6) is 0.373. The third kappa shape index (κ3) is 4.07. The number of carbonyl (C=O) groups is 1. The minimum Gasteiger partial charge on any atom is -0.472 e. The van der Waals surface area contributed by atoms with E-state index in [1.165, 1.54) is 6.20 Å². The maximum atomic E-state index is 12.3. The standard InChI is InChI=1S/C18H20N2O3/c1-13(14-5-3-2-4-6-14)20-18(21)15-7-8-17(19-11-15)23-16-9-10-22-12-16/h2-8,11,13,16H,9-10,12H2,1H3,(H,20,21)/t13-,16-/m0/s1. The van der Waals surface area contributed by atoms with Gasteiger partial charge in [0.1, 0.15) is 6.10 Å². The van der Waals surface area contributed by atoms with Crippen LogP contribution in [-0.4, -0.2) is 30.2 Å². The Bertz CT molecular complexity index is 637. The second-order valence-corrected chi connectivity index (χ2v) is 5.59. The molecule has 2 aromatic rings. The lowest BCUT2D eigenvalue weighted by molar-refractivity contribution is 0.0939. The first-order chi connectivity index (χ1) is 11.2. The molecule has 3 rings (SSSR count). The number of rotatable bonds is 5. The summed E-state index contributed by atoms with van der Waals surface area (Å²) in [5.41, 5.74) is 1.58. The molecule has 0 spiro atoms. The Morgan fingerprint density at radius 2 is 2.13 bits per heavy atom. The number of nitrogens with one attached hydrogen (secondary N) is 1. The minimum absolute atomic E-state index is 0.0558. The third-order valence-corrected chi connectivity index (χ3v) is 3.82. The Morgan fingerprint density at radius 3 is 2.78 bits per heavy atom. The average molecular weight is 312 g/mol. The van der Waals surface area contributed by atoms with Gasteiger partial charge in [0.25, 0.3) is 5.91 Å². The van der Waals surface area contributed by atoms with Crippen LogP contribution >= 0.6 is 0 Å². The summed E-state index contributed by atoms with van der Waals surface area (Å²) in [4.78, 5) is 16.5. The number of aromatic nitrogens is 1. The number of benzene rings is 1. The summed E-state index contributed by atoms with van der Waals surface area (Å²) in [6.07, 6.45) is 2.47. The zero-order valence-corrected chi connectivity index (χ0v) is 13.1. The molecule has 0 aliphatic carbocycles. The van der Waals surface area contributed by atoms with Crippen LogP contribution in [0.2, 0.25) is 0 Å². The molecule has 0 bridgehead atoms. The monoisotopic (exact) mass is 312 g/mol. The lowest BCUT2D eigenvalue weighted by Crippen LogP contribution is -2.26. The van der Waals surface area contributed by atoms with Crippen LogP contribution in [-0.2, 0) is 4.74 Å². The second-order valence-electron chi connectivity index (χ2n) is 5.59. The van der Waals surface area contributed by atoms with Crippen molar-refractivity contribution in [1.82, 2.24) is 10.3 Å². The highest BCUT2D eigenvalue weighted by atomic mass is 16.5. The predicted octanol–water partition coefficient (Wildman–Crippen LogP) is 2.74. The van der Waals surface area contributed by atoms with Gasteiger partial charge in [-0.15, -0.1) is 0 Å². The smallest absolute Gasteiger partial charge is 0.253 e. The first-order valence-corrected chi connectivity index (χ1v) is 7.78. The van der Waals surface area contributed by atoms with Crippen molar-refractivity contribution in [2.75, 3.05) is 13.2 Å². The van der Waals surface area contributed by atoms with Gasteiger partial charge in [0.05, 0.1) is 24.8 Å². The molecule has 0 saturated carbocycles. The van der Waals surface area contributed by atoms with Crippen LogP contribution in [0.15, 0.2) is 48.7 Å². The third-order valence-electron chi connectivity index (χ3n) is 3.82. The summed E-state index contributed by atoms with van der Waals surface area (Å²) >= 11 is 0. The number of nitrogens with zero attached hydrogens (tertiary/aromatic N) is 1. The molecule has 1 N–H and O–H groups in total. The van der Waals surface area contributed by atoms with Crippen molar-refractivity contribution in [2.45, 2.75) is 25.5 Å². The SMILES string of the molecule is C[C@H](NC(=O)c1ccc(O[C@H]2CCOC2)nc1)c1ccccc1. The molecule has 1 aliphatic heterocycles. The molecule has 1 aromatic carbocycles. The highest BCUT2D eigenvalue weighted by Crippen LogP contribution is 2.16. The molecular formula is C18H20N2O3. The highest BCUT2D eigenvalue weighted by Gasteiger charge is 2.18. The molecule has 5 heteroatoms. The number of hydrogen-bond acceptors (Lipinski definition) is 4. The van der Waals surface area contributed by atoms with Gasteiger partial charge in [-0.3, -0.25) is 4.79 Å². The van der Waals surface area contributed by atoms with E-state index in [-0.39, 0.29) is 18.1 Å². The summed E-state index contributed by atoms with van der Waals surface area (Å²) < 4.78 is 11.0. The molecule has 1 fully saturated rings. The quantitative estimate of drug-likeness (QED) is 0.922. The summed E-state index contributed by atoms with van der Waals surface area (Å²) in [7, 11) is 0. The van der Waals surface area contributed by atoms with Crippen molar-refractivity contribution in [2.24, 2.45) is 0 Å². The van der Waals surface area contributed by atoms with Gasteiger partial charge in [-0.2, -0.15) is 0 Å². The molecule has 2 heterocycles. The number of amides is 1. The van der Waals surface area contributed by atoms with Crippen molar-refractivity contribution in [1.29, 1.82) is 0 Å². The average Bonchev–Trinajstić information content (AvgIpc) is 3.09. The molecule has 1 saturated heterocycles. The molecule has 1 aromatic heterocycles. The molecule has 5 nitrogen and oxygen atoms in total. The first kappa shape index (κ1) is 15.5. The van der Waals surface area contributed by atoms with Crippen molar-refractivity contribution < 1.29 is 14.3 Å². The fraction of sp³-hybridized carbons (Fsp3) is 0.333. The Hall–Kier alpha value is -2.40. The van der Waals surface area contributed by atoms with Crippen LogP contribution in [0.5, 0.6) is 5.88 Å². The summed E-state index contributed by atoms with van der Waals surface area (Å²) in [5, 5.41) is 2.97. The fourth-order valence-electron chi connectivity index (χ4n) is 2.47. The fourth-order valence-corrected chi connectivity index (χ4v) is 2.47. The van der Waals surface area contributed by atoms with Gasteiger partial charge >= 0.3 is 0 Å². The Morgan fingerprint density at radius 1 is 1.30 bits per heavy atom. The maximum Gasteiger partial charge on any atom is 0.253 e. The zero-order valence-electron chi connectivity index (χ0n) is 13.1. The van der Waals surface area contributed by atoms with E-state index in [9.17, 15) is 4.79 Å². The Kier molecular flexibility index (Phi) is 4.88. The molecule has 2 atom stereocenters. The largest absolute Gasteiger partial charge is 0.472 e. The molecule has 23 heavy (non-hydrogen) atoms. The van der Waals surface area contributed by atoms with E-state index in [2.05, 4.69) is 10.3 Å². The van der Waals surface area contributed by atoms with Crippen LogP contribution < -0.4 is 10.1 Å². The Balaban J connectivity index is 1.59. The topological polar surface area (TPSA) is 60.5 Å². The number of pyridine rings is 1. The summed E-state index contributed by atoms with van der Waals surface area (Å²) in [6, 6.07) is 13.2. The van der Waals surface area contributed by atoms with Gasteiger partial charge < -0.3 is 14.8 Å². The molecule has 0 unspecified atom stereocenters. The van der Waals surface area contributed by atoms with Gasteiger partial charge in [0.15, 0.2) is 0 Å². The minimum atomic E-state index is -0.149. The molecule has 1 aliphatic rings. The Labute approximate surface area is 135 Å². The highest BCUT2D eigenvalue weighted by molar-refractivity contribution is 5.94. The van der Waals surface area contributed by atoms with Gasteiger partial charge in [0.2, 0.25) is 5.88 Å². The van der Waals surface area contributed by atoms with E-state index < -0.39 is 0 Å². The normalized spacial score (nSPS) is 18.4.